The third-order valence-corrected chi connectivity index (χ3v) is 6.18. The molecule has 0 bridgehead atoms. The number of esters is 1. The Hall–Kier alpha value is -4.17. The molecule has 0 amide bonds. The molecule has 1 saturated heterocycles. The molecule has 0 radical (unpaired) electrons. The molecule has 2 N–H and O–H groups in total. The summed E-state index contributed by atoms with van der Waals surface area (Å²) in [5.74, 6) is -0.273. The van der Waals surface area contributed by atoms with E-state index in [4.69, 9.17) is 17.0 Å². The molecule has 2 aromatic carbocycles. The Morgan fingerprint density at radius 2 is 1.88 bits per heavy atom. The van der Waals surface area contributed by atoms with Crippen LogP contribution in [0.2, 0.25) is 0 Å². The molecule has 34 heavy (non-hydrogen) atoms. The molecule has 3 heterocycles. The average Bonchev–Trinajstić information content (AvgIpc) is 3.49. The van der Waals surface area contributed by atoms with Gasteiger partial charge >= 0.3 is 5.97 Å². The number of carbonyl (C=O) groups is 1. The third kappa shape index (κ3) is 3.78. The zero-order valence-corrected chi connectivity index (χ0v) is 19.1. The van der Waals surface area contributed by atoms with Crippen molar-refractivity contribution in [1.82, 2.24) is 14.9 Å². The molecule has 1 fully saturated rings. The Labute approximate surface area is 202 Å². The molecule has 0 spiro atoms. The maximum absolute atomic E-state index is 12.1. The maximum Gasteiger partial charge on any atom is 0.337 e. The van der Waals surface area contributed by atoms with Gasteiger partial charge in [-0.25, -0.2) is 4.79 Å². The van der Waals surface area contributed by atoms with E-state index < -0.39 is 5.97 Å². The highest BCUT2D eigenvalue weighted by molar-refractivity contribution is 7.80. The molecule has 2 aromatic heterocycles. The predicted molar refractivity (Wildman–Crippen MR) is 133 cm³/mol. The maximum atomic E-state index is 12.1. The average molecular weight is 471 g/mol. The lowest BCUT2D eigenvalue weighted by molar-refractivity contribution is 0.0600. The van der Waals surface area contributed by atoms with Crippen LogP contribution in [0.4, 0.5) is 5.69 Å². The SMILES string of the molecule is COC(=O)c1cccc(-n2cccc2[C@@H]2[C@H](c3ccccn3)NC(=S)N2c2ccccc2O)c1. The van der Waals surface area contributed by atoms with Gasteiger partial charge in [0.05, 0.1) is 30.1 Å². The predicted octanol–water partition coefficient (Wildman–Crippen LogP) is 4.54. The number of phenolic OH excluding ortho intramolecular Hbond substituents is 1. The van der Waals surface area contributed by atoms with E-state index >= 15 is 0 Å². The van der Waals surface area contributed by atoms with E-state index in [-0.39, 0.29) is 17.8 Å². The molecule has 0 unspecified atom stereocenters. The highest BCUT2D eigenvalue weighted by Gasteiger charge is 2.43. The Bertz CT molecular complexity index is 1350. The molecular weight excluding hydrogens is 448 g/mol. The number of aromatic hydroxyl groups is 1. The molecule has 0 aliphatic carbocycles. The quantitative estimate of drug-likeness (QED) is 0.327. The fourth-order valence-electron chi connectivity index (χ4n) is 4.35. The first-order chi connectivity index (χ1) is 16.6. The number of phenols is 1. The number of anilines is 1. The standard InChI is InChI=1S/C26H22N4O3S/c1-33-25(32)17-8-6-9-18(16-17)29-15-7-12-21(29)24-23(19-10-4-5-14-27-19)28-26(34)30(24)20-11-2-3-13-22(20)31/h2-16,23-24,31H,1H3,(H,28,34)/t23-,24+/m0/s1. The minimum atomic E-state index is -0.401. The van der Waals surface area contributed by atoms with Crippen molar-refractivity contribution in [2.45, 2.75) is 12.1 Å². The zero-order valence-electron chi connectivity index (χ0n) is 18.3. The van der Waals surface area contributed by atoms with Gasteiger partial charge in [-0.2, -0.15) is 0 Å². The summed E-state index contributed by atoms with van der Waals surface area (Å²) in [6.45, 7) is 0. The highest BCUT2D eigenvalue weighted by Crippen LogP contribution is 2.44. The summed E-state index contributed by atoms with van der Waals surface area (Å²) >= 11 is 5.75. The number of carbonyl (C=O) groups excluding carboxylic acids is 1. The number of hydrogen-bond acceptors (Lipinski definition) is 5. The van der Waals surface area contributed by atoms with E-state index in [0.29, 0.717) is 16.4 Å². The van der Waals surface area contributed by atoms with Crippen molar-refractivity contribution in [2.24, 2.45) is 0 Å². The topological polar surface area (TPSA) is 79.6 Å². The number of nitrogens with one attached hydrogen (secondary N) is 1. The van der Waals surface area contributed by atoms with Gasteiger partial charge in [0.25, 0.3) is 0 Å². The molecule has 170 valence electrons. The first-order valence-corrected chi connectivity index (χ1v) is 11.1. The van der Waals surface area contributed by atoms with Gasteiger partial charge in [-0.15, -0.1) is 0 Å². The molecule has 7 nitrogen and oxygen atoms in total. The van der Waals surface area contributed by atoms with E-state index in [1.807, 2.05) is 70.3 Å². The number of methoxy groups -OCH3 is 1. The highest BCUT2D eigenvalue weighted by atomic mass is 32.1. The number of thiocarbonyl (C=S) groups is 1. The normalized spacial score (nSPS) is 17.4. The number of aromatic nitrogens is 2. The van der Waals surface area contributed by atoms with Gasteiger partial charge in [-0.05, 0) is 66.8 Å². The Balaban J connectivity index is 1.67. The van der Waals surface area contributed by atoms with Crippen molar-refractivity contribution < 1.29 is 14.6 Å². The van der Waals surface area contributed by atoms with Gasteiger partial charge in [0.1, 0.15) is 11.8 Å². The zero-order chi connectivity index (χ0) is 23.7. The van der Waals surface area contributed by atoms with Gasteiger partial charge in [-0.1, -0.05) is 24.3 Å². The van der Waals surface area contributed by atoms with Crippen LogP contribution in [-0.2, 0) is 4.74 Å². The van der Waals surface area contributed by atoms with Gasteiger partial charge in [0, 0.05) is 23.8 Å². The van der Waals surface area contributed by atoms with Crippen LogP contribution in [-0.4, -0.2) is 32.8 Å². The lowest BCUT2D eigenvalue weighted by Gasteiger charge is -2.29. The van der Waals surface area contributed by atoms with Crippen molar-refractivity contribution in [3.63, 3.8) is 0 Å². The molecule has 5 rings (SSSR count). The summed E-state index contributed by atoms with van der Waals surface area (Å²) in [6.07, 6.45) is 3.68. The summed E-state index contributed by atoms with van der Waals surface area (Å²) in [5.41, 5.74) is 3.59. The van der Waals surface area contributed by atoms with Crippen LogP contribution in [0, 0.1) is 0 Å². The minimum absolute atomic E-state index is 0.129. The Kier molecular flexibility index (Phi) is 5.73. The molecule has 0 saturated carbocycles. The number of nitrogens with zero attached hydrogens (tertiary/aromatic N) is 3. The van der Waals surface area contributed by atoms with Gasteiger partial charge in [0.15, 0.2) is 5.11 Å². The van der Waals surface area contributed by atoms with Crippen LogP contribution in [0.1, 0.15) is 33.8 Å². The van der Waals surface area contributed by atoms with E-state index in [2.05, 4.69) is 10.3 Å². The molecule has 4 aromatic rings. The van der Waals surface area contributed by atoms with Crippen molar-refractivity contribution in [3.8, 4) is 11.4 Å². The summed E-state index contributed by atoms with van der Waals surface area (Å²) in [7, 11) is 1.36. The summed E-state index contributed by atoms with van der Waals surface area (Å²) < 4.78 is 6.91. The molecular formula is C26H22N4O3S. The Morgan fingerprint density at radius 1 is 1.06 bits per heavy atom. The van der Waals surface area contributed by atoms with Crippen LogP contribution in [0.25, 0.3) is 5.69 Å². The molecule has 1 aliphatic heterocycles. The smallest absolute Gasteiger partial charge is 0.337 e. The van der Waals surface area contributed by atoms with Gasteiger partial charge < -0.3 is 24.6 Å². The summed E-state index contributed by atoms with van der Waals surface area (Å²) in [5, 5.41) is 14.6. The van der Waals surface area contributed by atoms with Crippen molar-refractivity contribution in [3.05, 3.63) is 108 Å². The van der Waals surface area contributed by atoms with Crippen molar-refractivity contribution in [1.29, 1.82) is 0 Å². The van der Waals surface area contributed by atoms with Crippen molar-refractivity contribution >= 4 is 29.0 Å². The lowest BCUT2D eigenvalue weighted by Crippen LogP contribution is -2.30. The van der Waals surface area contributed by atoms with E-state index in [0.717, 1.165) is 17.1 Å². The van der Waals surface area contributed by atoms with Crippen LogP contribution >= 0.6 is 12.2 Å². The second-order valence-corrected chi connectivity index (χ2v) is 8.22. The summed E-state index contributed by atoms with van der Waals surface area (Å²) in [6, 6.07) is 23.5. The number of para-hydroxylation sites is 2. The van der Waals surface area contributed by atoms with E-state index in [9.17, 15) is 9.90 Å². The fourth-order valence-corrected chi connectivity index (χ4v) is 4.69. The second kappa shape index (κ2) is 8.99. The molecule has 1 aliphatic rings. The van der Waals surface area contributed by atoms with Gasteiger partial charge in [0.2, 0.25) is 0 Å². The first-order valence-electron chi connectivity index (χ1n) is 10.7. The van der Waals surface area contributed by atoms with Crippen LogP contribution in [0.5, 0.6) is 5.75 Å². The van der Waals surface area contributed by atoms with E-state index in [1.165, 1.54) is 7.11 Å². The van der Waals surface area contributed by atoms with E-state index in [1.54, 1.807) is 30.5 Å². The molecule has 2 atom stereocenters. The number of rotatable bonds is 5. The third-order valence-electron chi connectivity index (χ3n) is 5.87. The molecule has 8 heteroatoms. The van der Waals surface area contributed by atoms with Crippen LogP contribution < -0.4 is 10.2 Å². The minimum Gasteiger partial charge on any atom is -0.506 e. The first kappa shape index (κ1) is 21.7. The lowest BCUT2D eigenvalue weighted by atomic mass is 10.0. The number of pyridine rings is 1. The number of ether oxygens (including phenoxy) is 1. The Morgan fingerprint density at radius 3 is 2.65 bits per heavy atom. The second-order valence-electron chi connectivity index (χ2n) is 7.83. The fraction of sp³-hybridized carbons (Fsp3) is 0.115. The summed E-state index contributed by atoms with van der Waals surface area (Å²) in [4.78, 5) is 18.6. The van der Waals surface area contributed by atoms with Crippen molar-refractivity contribution in [2.75, 3.05) is 12.0 Å². The largest absolute Gasteiger partial charge is 0.506 e. The van der Waals surface area contributed by atoms with Crippen LogP contribution in [0.3, 0.4) is 0 Å². The van der Waals surface area contributed by atoms with Gasteiger partial charge in [-0.3, -0.25) is 4.98 Å². The number of hydrogen-bond donors (Lipinski definition) is 2. The van der Waals surface area contributed by atoms with Crippen LogP contribution in [0.15, 0.2) is 91.3 Å². The monoisotopic (exact) mass is 470 g/mol. The number of benzene rings is 2.